The first kappa shape index (κ1) is 12.7. The summed E-state index contributed by atoms with van der Waals surface area (Å²) in [5, 5.41) is 4.24. The summed E-state index contributed by atoms with van der Waals surface area (Å²) < 4.78 is 1.67. The molecule has 3 rings (SSSR count). The summed E-state index contributed by atoms with van der Waals surface area (Å²) in [5.41, 5.74) is 11.3. The van der Waals surface area contributed by atoms with Gasteiger partial charge in [0.1, 0.15) is 0 Å². The van der Waals surface area contributed by atoms with Crippen LogP contribution in [0.15, 0.2) is 18.3 Å². The van der Waals surface area contributed by atoms with Crippen LogP contribution >= 0.6 is 0 Å². The third-order valence-corrected chi connectivity index (χ3v) is 3.85. The van der Waals surface area contributed by atoms with Crippen LogP contribution in [0.4, 0.5) is 11.4 Å². The molecule has 0 fully saturated rings. The summed E-state index contributed by atoms with van der Waals surface area (Å²) >= 11 is 0. The van der Waals surface area contributed by atoms with Crippen molar-refractivity contribution >= 4 is 17.3 Å². The minimum absolute atomic E-state index is 0.00222. The predicted molar refractivity (Wildman–Crippen MR) is 78.9 cm³/mol. The molecule has 104 valence electrons. The third-order valence-electron chi connectivity index (χ3n) is 3.85. The number of hydrogen-bond acceptors (Lipinski definition) is 3. The van der Waals surface area contributed by atoms with E-state index in [1.54, 1.807) is 15.8 Å². The molecule has 0 aliphatic carbocycles. The summed E-state index contributed by atoms with van der Waals surface area (Å²) in [5.74, 6) is -0.00222. The number of amides is 1. The molecule has 1 aliphatic rings. The Morgan fingerprint density at radius 1 is 1.35 bits per heavy atom. The Kier molecular flexibility index (Phi) is 2.78. The number of fused-ring (bicyclic) bond motifs is 1. The van der Waals surface area contributed by atoms with Gasteiger partial charge in [-0.25, -0.2) is 0 Å². The molecule has 2 heterocycles. The van der Waals surface area contributed by atoms with Gasteiger partial charge in [-0.15, -0.1) is 0 Å². The fourth-order valence-corrected chi connectivity index (χ4v) is 2.74. The second kappa shape index (κ2) is 4.37. The van der Waals surface area contributed by atoms with E-state index >= 15 is 0 Å². The van der Waals surface area contributed by atoms with Gasteiger partial charge in [0.25, 0.3) is 5.91 Å². The summed E-state index contributed by atoms with van der Waals surface area (Å²) in [6.07, 6.45) is 2.65. The lowest BCUT2D eigenvalue weighted by Crippen LogP contribution is -2.29. The zero-order valence-electron chi connectivity index (χ0n) is 12.0. The van der Waals surface area contributed by atoms with Crippen molar-refractivity contribution in [2.75, 3.05) is 17.2 Å². The van der Waals surface area contributed by atoms with E-state index in [0.717, 1.165) is 29.1 Å². The smallest absolute Gasteiger partial charge is 0.261 e. The van der Waals surface area contributed by atoms with Gasteiger partial charge in [-0.05, 0) is 37.5 Å². The number of rotatable bonds is 1. The Morgan fingerprint density at radius 3 is 2.75 bits per heavy atom. The van der Waals surface area contributed by atoms with E-state index in [4.69, 9.17) is 5.73 Å². The number of carbonyl (C=O) groups excluding carboxylic acids is 1. The van der Waals surface area contributed by atoms with E-state index in [1.807, 2.05) is 27.0 Å². The number of carbonyl (C=O) groups is 1. The van der Waals surface area contributed by atoms with E-state index in [2.05, 4.69) is 11.2 Å². The van der Waals surface area contributed by atoms with Crippen LogP contribution in [-0.4, -0.2) is 22.2 Å². The van der Waals surface area contributed by atoms with Gasteiger partial charge >= 0.3 is 0 Å². The molecule has 1 amide bonds. The molecule has 0 radical (unpaired) electrons. The number of anilines is 2. The fourth-order valence-electron chi connectivity index (χ4n) is 2.74. The first-order chi connectivity index (χ1) is 9.47. The van der Waals surface area contributed by atoms with E-state index in [9.17, 15) is 4.79 Å². The van der Waals surface area contributed by atoms with Crippen molar-refractivity contribution in [3.05, 3.63) is 40.7 Å². The number of benzene rings is 1. The van der Waals surface area contributed by atoms with Crippen LogP contribution < -0.4 is 10.6 Å². The number of aryl methyl sites for hydroxylation is 3. The highest BCUT2D eigenvalue weighted by atomic mass is 16.2. The molecule has 5 heteroatoms. The van der Waals surface area contributed by atoms with Crippen LogP contribution in [0.25, 0.3) is 0 Å². The Hall–Kier alpha value is -2.30. The van der Waals surface area contributed by atoms with Gasteiger partial charge in [-0.1, -0.05) is 6.07 Å². The highest BCUT2D eigenvalue weighted by molar-refractivity contribution is 6.08. The highest BCUT2D eigenvalue weighted by Crippen LogP contribution is 2.33. The molecule has 1 aliphatic heterocycles. The van der Waals surface area contributed by atoms with Gasteiger partial charge in [0.2, 0.25) is 0 Å². The van der Waals surface area contributed by atoms with Gasteiger partial charge in [0.05, 0.1) is 11.3 Å². The molecule has 0 atom stereocenters. The normalized spacial score (nSPS) is 13.7. The number of nitrogens with two attached hydrogens (primary N) is 1. The zero-order valence-corrected chi connectivity index (χ0v) is 12.0. The lowest BCUT2D eigenvalue weighted by Gasteiger charge is -2.17. The molecular formula is C15H18N4O. The van der Waals surface area contributed by atoms with Gasteiger partial charge in [0, 0.05) is 31.2 Å². The molecule has 1 aromatic heterocycles. The maximum absolute atomic E-state index is 12.7. The van der Waals surface area contributed by atoms with E-state index < -0.39 is 0 Å². The average Bonchev–Trinajstić information content (AvgIpc) is 2.93. The van der Waals surface area contributed by atoms with Gasteiger partial charge in [-0.3, -0.25) is 9.48 Å². The van der Waals surface area contributed by atoms with Crippen LogP contribution in [0.1, 0.15) is 27.2 Å². The Labute approximate surface area is 118 Å². The summed E-state index contributed by atoms with van der Waals surface area (Å²) in [7, 11) is 1.82. The fraction of sp³-hybridized carbons (Fsp3) is 0.333. The topological polar surface area (TPSA) is 64.2 Å². The quantitative estimate of drug-likeness (QED) is 0.804. The van der Waals surface area contributed by atoms with Crippen molar-refractivity contribution in [3.8, 4) is 0 Å². The largest absolute Gasteiger partial charge is 0.398 e. The molecule has 2 N–H and O–H groups in total. The lowest BCUT2D eigenvalue weighted by molar-refractivity contribution is 0.0989. The van der Waals surface area contributed by atoms with Crippen LogP contribution in [-0.2, 0) is 13.5 Å². The lowest BCUT2D eigenvalue weighted by atomic mass is 10.1. The first-order valence-electron chi connectivity index (χ1n) is 6.68. The summed E-state index contributed by atoms with van der Waals surface area (Å²) in [4.78, 5) is 14.5. The van der Waals surface area contributed by atoms with Crippen molar-refractivity contribution in [2.24, 2.45) is 7.05 Å². The average molecular weight is 270 g/mol. The number of nitrogens with zero attached hydrogens (tertiary/aromatic N) is 3. The number of aromatic nitrogens is 2. The summed E-state index contributed by atoms with van der Waals surface area (Å²) in [6, 6.07) is 3.98. The molecule has 0 spiro atoms. The molecular weight excluding hydrogens is 252 g/mol. The van der Waals surface area contributed by atoms with E-state index in [0.29, 0.717) is 12.1 Å². The molecule has 2 aromatic rings. The van der Waals surface area contributed by atoms with Gasteiger partial charge in [0.15, 0.2) is 0 Å². The SMILES string of the molecule is Cc1cc2c(cc1N)N(C(=O)c1cn(C)nc1C)CC2. The van der Waals surface area contributed by atoms with Gasteiger partial charge in [-0.2, -0.15) is 5.10 Å². The van der Waals surface area contributed by atoms with Crippen LogP contribution in [0.3, 0.4) is 0 Å². The zero-order chi connectivity index (χ0) is 14.4. The van der Waals surface area contributed by atoms with Crippen LogP contribution in [0.2, 0.25) is 0 Å². The van der Waals surface area contributed by atoms with Crippen molar-refractivity contribution < 1.29 is 4.79 Å². The molecule has 0 unspecified atom stereocenters. The van der Waals surface area contributed by atoms with E-state index in [-0.39, 0.29) is 5.91 Å². The Balaban J connectivity index is 2.01. The monoisotopic (exact) mass is 270 g/mol. The summed E-state index contributed by atoms with van der Waals surface area (Å²) in [6.45, 7) is 4.55. The Bertz CT molecular complexity index is 702. The van der Waals surface area contributed by atoms with Crippen LogP contribution in [0, 0.1) is 13.8 Å². The number of nitrogen functional groups attached to an aromatic ring is 1. The van der Waals surface area contributed by atoms with Crippen LogP contribution in [0.5, 0.6) is 0 Å². The molecule has 1 aromatic carbocycles. The standard InChI is InChI=1S/C15H18N4O/c1-9-6-11-4-5-19(14(11)7-13(9)16)15(20)12-8-18(3)17-10(12)2/h6-8H,4-5,16H2,1-3H3. The maximum Gasteiger partial charge on any atom is 0.261 e. The minimum atomic E-state index is -0.00222. The highest BCUT2D eigenvalue weighted by Gasteiger charge is 2.28. The second-order valence-electron chi connectivity index (χ2n) is 5.35. The van der Waals surface area contributed by atoms with Crippen molar-refractivity contribution in [3.63, 3.8) is 0 Å². The third kappa shape index (κ3) is 1.86. The predicted octanol–water partition coefficient (Wildman–Crippen LogP) is 1.82. The molecule has 0 bridgehead atoms. The van der Waals surface area contributed by atoms with Crippen molar-refractivity contribution in [2.45, 2.75) is 20.3 Å². The van der Waals surface area contributed by atoms with Crippen molar-refractivity contribution in [1.29, 1.82) is 0 Å². The maximum atomic E-state index is 12.7. The van der Waals surface area contributed by atoms with Crippen molar-refractivity contribution in [1.82, 2.24) is 9.78 Å². The first-order valence-corrected chi connectivity index (χ1v) is 6.68. The second-order valence-corrected chi connectivity index (χ2v) is 5.35. The van der Waals surface area contributed by atoms with E-state index in [1.165, 1.54) is 5.56 Å². The number of hydrogen-bond donors (Lipinski definition) is 1. The minimum Gasteiger partial charge on any atom is -0.398 e. The molecule has 20 heavy (non-hydrogen) atoms. The molecule has 0 saturated carbocycles. The Morgan fingerprint density at radius 2 is 2.10 bits per heavy atom. The van der Waals surface area contributed by atoms with Gasteiger partial charge < -0.3 is 10.6 Å². The molecule has 5 nitrogen and oxygen atoms in total. The molecule has 0 saturated heterocycles.